The van der Waals surface area contributed by atoms with E-state index >= 15 is 0 Å². The number of carbonyl (C=O) groups excluding carboxylic acids is 1. The summed E-state index contributed by atoms with van der Waals surface area (Å²) in [5, 5.41) is 0.334. The van der Waals surface area contributed by atoms with E-state index in [9.17, 15) is 18.0 Å². The maximum absolute atomic E-state index is 14.7. The second-order valence-corrected chi connectivity index (χ2v) is 11.1. The van der Waals surface area contributed by atoms with Crippen molar-refractivity contribution in [3.8, 4) is 11.5 Å². The molecule has 2 aliphatic rings. The number of nitrogens with zero attached hydrogens (tertiary/aromatic N) is 3. The van der Waals surface area contributed by atoms with Crippen molar-refractivity contribution in [1.82, 2.24) is 14.5 Å². The largest absolute Gasteiger partial charge is 0.481 e. The van der Waals surface area contributed by atoms with E-state index in [0.717, 1.165) is 42.8 Å². The van der Waals surface area contributed by atoms with Gasteiger partial charge in [-0.2, -0.15) is 8.78 Å². The van der Waals surface area contributed by atoms with E-state index in [1.54, 1.807) is 29.8 Å². The molecule has 1 unspecified atom stereocenters. The molecule has 11 heteroatoms. The molecule has 6 rings (SSSR count). The number of esters is 1. The number of para-hydroxylation sites is 1. The highest BCUT2D eigenvalue weighted by Gasteiger charge is 2.29. The van der Waals surface area contributed by atoms with Crippen LogP contribution in [0.5, 0.6) is 11.5 Å². The minimum Gasteiger partial charge on any atom is -0.481 e. The summed E-state index contributed by atoms with van der Waals surface area (Å²) in [6.07, 6.45) is 4.99. The predicted octanol–water partition coefficient (Wildman–Crippen LogP) is 7.28. The van der Waals surface area contributed by atoms with Gasteiger partial charge in [0.05, 0.1) is 24.7 Å². The Bertz CT molecular complexity index is 1720. The number of hydrogen-bond acceptors (Lipinski definition) is 6. The molecule has 1 fully saturated rings. The highest BCUT2D eigenvalue weighted by atomic mass is 35.5. The lowest BCUT2D eigenvalue weighted by Crippen LogP contribution is -2.33. The van der Waals surface area contributed by atoms with Crippen LogP contribution in [0.25, 0.3) is 17.1 Å². The third-order valence-electron chi connectivity index (χ3n) is 8.11. The van der Waals surface area contributed by atoms with Crippen LogP contribution in [0, 0.1) is 5.82 Å². The summed E-state index contributed by atoms with van der Waals surface area (Å²) in [4.78, 5) is 19.0. The fourth-order valence-corrected chi connectivity index (χ4v) is 6.05. The zero-order chi connectivity index (χ0) is 30.2. The van der Waals surface area contributed by atoms with Gasteiger partial charge < -0.3 is 18.8 Å². The van der Waals surface area contributed by atoms with Gasteiger partial charge in [0.25, 0.3) is 0 Å². The number of ether oxygens (including phenoxy) is 3. The van der Waals surface area contributed by atoms with Crippen LogP contribution >= 0.6 is 11.6 Å². The minimum absolute atomic E-state index is 0.102. The lowest BCUT2D eigenvalue weighted by molar-refractivity contribution is -0.0489. The van der Waals surface area contributed by atoms with Crippen molar-refractivity contribution < 1.29 is 32.2 Å². The van der Waals surface area contributed by atoms with Crippen LogP contribution < -0.4 is 9.47 Å². The van der Waals surface area contributed by atoms with E-state index in [4.69, 9.17) is 25.8 Å². The predicted molar refractivity (Wildman–Crippen MR) is 156 cm³/mol. The molecule has 0 spiro atoms. The number of aryl methyl sites for hydroxylation is 1. The fourth-order valence-electron chi connectivity index (χ4n) is 5.89. The number of rotatable bonds is 7. The molecule has 0 aliphatic carbocycles. The van der Waals surface area contributed by atoms with Crippen LogP contribution in [-0.2, 0) is 18.3 Å². The highest BCUT2D eigenvalue weighted by molar-refractivity contribution is 6.30. The number of methoxy groups -OCH3 is 1. The number of halogens is 4. The Hall–Kier alpha value is -4.02. The number of piperidine rings is 1. The van der Waals surface area contributed by atoms with E-state index in [1.807, 2.05) is 24.3 Å². The topological polar surface area (TPSA) is 65.8 Å². The number of alkyl halides is 2. The van der Waals surface area contributed by atoms with E-state index in [0.29, 0.717) is 28.5 Å². The number of imidazole rings is 1. The lowest BCUT2D eigenvalue weighted by atomic mass is 9.87. The third kappa shape index (κ3) is 5.81. The van der Waals surface area contributed by atoms with E-state index in [2.05, 4.69) is 16.0 Å². The molecule has 4 aromatic rings. The Labute approximate surface area is 251 Å². The Balaban J connectivity index is 1.18. The van der Waals surface area contributed by atoms with Gasteiger partial charge in [-0.1, -0.05) is 41.9 Å². The molecular weight excluding hydrogens is 583 g/mol. The second kappa shape index (κ2) is 11.9. The summed E-state index contributed by atoms with van der Waals surface area (Å²) in [6, 6.07) is 13.5. The molecule has 0 N–H and O–H groups in total. The lowest BCUT2D eigenvalue weighted by Gasteiger charge is -2.34. The summed E-state index contributed by atoms with van der Waals surface area (Å²) >= 11 is 5.95. The van der Waals surface area contributed by atoms with Crippen molar-refractivity contribution in [2.24, 2.45) is 7.05 Å². The Morgan fingerprint density at radius 3 is 2.65 bits per heavy atom. The normalized spacial score (nSPS) is 17.2. The molecule has 7 nitrogen and oxygen atoms in total. The number of benzene rings is 3. The average Bonchev–Trinajstić information content (AvgIpc) is 3.31. The van der Waals surface area contributed by atoms with Gasteiger partial charge in [-0.15, -0.1) is 0 Å². The smallest absolute Gasteiger partial charge is 0.387 e. The van der Waals surface area contributed by atoms with Crippen molar-refractivity contribution in [1.29, 1.82) is 0 Å². The molecule has 0 bridgehead atoms. The molecule has 224 valence electrons. The van der Waals surface area contributed by atoms with Crippen molar-refractivity contribution >= 4 is 34.7 Å². The maximum Gasteiger partial charge on any atom is 0.387 e. The number of likely N-dealkylation sites (tertiary alicyclic amines) is 1. The molecule has 0 amide bonds. The molecular formula is C32H29ClF3N3O4. The van der Waals surface area contributed by atoms with Crippen LogP contribution in [0.2, 0.25) is 5.02 Å². The number of carbonyl (C=O) groups is 1. The molecule has 2 aliphatic heterocycles. The van der Waals surface area contributed by atoms with Crippen molar-refractivity contribution in [3.63, 3.8) is 0 Å². The highest BCUT2D eigenvalue weighted by Crippen LogP contribution is 2.42. The maximum atomic E-state index is 14.7. The summed E-state index contributed by atoms with van der Waals surface area (Å²) in [5.41, 5.74) is 3.33. The van der Waals surface area contributed by atoms with Gasteiger partial charge in [0.1, 0.15) is 29.0 Å². The van der Waals surface area contributed by atoms with E-state index < -0.39 is 24.5 Å². The van der Waals surface area contributed by atoms with Gasteiger partial charge in [-0.25, -0.2) is 14.2 Å². The second-order valence-electron chi connectivity index (χ2n) is 10.7. The Kier molecular flexibility index (Phi) is 8.07. The van der Waals surface area contributed by atoms with Crippen molar-refractivity contribution in [2.75, 3.05) is 20.2 Å². The first kappa shape index (κ1) is 29.1. The molecule has 1 aromatic heterocycles. The minimum atomic E-state index is -3.07. The van der Waals surface area contributed by atoms with Gasteiger partial charge in [0.2, 0.25) is 0 Å². The van der Waals surface area contributed by atoms with Gasteiger partial charge >= 0.3 is 12.6 Å². The van der Waals surface area contributed by atoms with Crippen LogP contribution in [0.1, 0.15) is 57.7 Å². The molecule has 43 heavy (non-hydrogen) atoms. The quantitative estimate of drug-likeness (QED) is 0.205. The Morgan fingerprint density at radius 2 is 1.93 bits per heavy atom. The van der Waals surface area contributed by atoms with E-state index in [1.165, 1.54) is 19.2 Å². The third-order valence-corrected chi connectivity index (χ3v) is 8.35. The Morgan fingerprint density at radius 1 is 1.14 bits per heavy atom. The number of aromatic nitrogens is 2. The van der Waals surface area contributed by atoms with E-state index in [-0.39, 0.29) is 22.7 Å². The SMILES string of the molecule is COC(=O)c1cc(OC(F)F)c2nc(CN3CCC(c4cccc5c4OC(c4ccc(Cl)cc4F)C=C5)CC3)n(C)c2c1. The summed E-state index contributed by atoms with van der Waals surface area (Å²) < 4.78 is 58.6. The molecule has 3 heterocycles. The van der Waals surface area contributed by atoms with Crippen LogP contribution in [0.4, 0.5) is 13.2 Å². The summed E-state index contributed by atoms with van der Waals surface area (Å²) in [6.45, 7) is -1.03. The summed E-state index contributed by atoms with van der Waals surface area (Å²) in [5.74, 6) is 0.431. The summed E-state index contributed by atoms with van der Waals surface area (Å²) in [7, 11) is 3.01. The van der Waals surface area contributed by atoms with Crippen LogP contribution in [0.3, 0.4) is 0 Å². The van der Waals surface area contributed by atoms with Gasteiger partial charge in [0, 0.05) is 23.2 Å². The van der Waals surface area contributed by atoms with Crippen molar-refractivity contribution in [2.45, 2.75) is 38.0 Å². The van der Waals surface area contributed by atoms with Crippen LogP contribution in [0.15, 0.2) is 54.6 Å². The molecule has 0 saturated carbocycles. The molecule has 3 aromatic carbocycles. The van der Waals surface area contributed by atoms with Gasteiger partial charge in [-0.3, -0.25) is 4.90 Å². The zero-order valence-corrected chi connectivity index (χ0v) is 24.3. The van der Waals surface area contributed by atoms with Crippen LogP contribution in [-0.4, -0.2) is 47.2 Å². The van der Waals surface area contributed by atoms with Crippen molar-refractivity contribution in [3.05, 3.63) is 93.5 Å². The number of fused-ring (bicyclic) bond motifs is 2. The number of hydrogen-bond donors (Lipinski definition) is 0. The monoisotopic (exact) mass is 611 g/mol. The fraction of sp³-hybridized carbons (Fsp3) is 0.312. The molecule has 1 saturated heterocycles. The first-order valence-corrected chi connectivity index (χ1v) is 14.3. The molecule has 1 atom stereocenters. The first-order valence-electron chi connectivity index (χ1n) is 13.9. The first-order chi connectivity index (χ1) is 20.7. The average molecular weight is 612 g/mol. The molecule has 0 radical (unpaired) electrons. The standard InChI is InChI=1S/C32H29ClF3N3O4/c1-38-25-14-20(31(40)41-2)15-27(43-32(35)36)29(25)37-28(38)17-39-12-10-18(11-13-39)22-5-3-4-19-6-9-26(42-30(19)22)23-8-7-21(33)16-24(23)34/h3-9,14-16,18,26,32H,10-13,17H2,1-2H3. The van der Waals surface area contributed by atoms with Gasteiger partial charge in [-0.05, 0) is 67.8 Å². The van der Waals surface area contributed by atoms with Gasteiger partial charge in [0.15, 0.2) is 5.75 Å². The zero-order valence-electron chi connectivity index (χ0n) is 23.5.